The van der Waals surface area contributed by atoms with Crippen molar-refractivity contribution < 1.29 is 19.1 Å². The summed E-state index contributed by atoms with van der Waals surface area (Å²) in [5.74, 6) is -1.43. The van der Waals surface area contributed by atoms with E-state index in [2.05, 4.69) is 5.32 Å². The zero-order valence-electron chi connectivity index (χ0n) is 18.9. The standard InChI is InChI=1S/C28H24N2O4/c1-18(2)30-23-16-10-9-15-22(23)28(27(30)33)17-21(19-11-5-3-6-12-19)24(26(32)34-28)29-25(31)20-13-7-4-8-14-20/h3-16,18H,17H2,1-2H3,(H,29,31)/t28-/m1/s1. The number of esters is 1. The molecule has 0 aromatic heterocycles. The van der Waals surface area contributed by atoms with Gasteiger partial charge in [0, 0.05) is 23.6 Å². The number of hydrogen-bond donors (Lipinski definition) is 1. The van der Waals surface area contributed by atoms with Crippen LogP contribution in [0.25, 0.3) is 5.57 Å². The molecular weight excluding hydrogens is 428 g/mol. The molecule has 5 rings (SSSR count). The second-order valence-electron chi connectivity index (χ2n) is 8.72. The van der Waals surface area contributed by atoms with Crippen molar-refractivity contribution in [3.63, 3.8) is 0 Å². The van der Waals surface area contributed by atoms with E-state index in [4.69, 9.17) is 4.74 Å². The highest BCUT2D eigenvalue weighted by Crippen LogP contribution is 2.51. The molecule has 6 nitrogen and oxygen atoms in total. The number of para-hydroxylation sites is 1. The lowest BCUT2D eigenvalue weighted by molar-refractivity contribution is -0.165. The quantitative estimate of drug-likeness (QED) is 0.595. The summed E-state index contributed by atoms with van der Waals surface area (Å²) in [5.41, 5.74) is 1.69. The van der Waals surface area contributed by atoms with Crippen LogP contribution in [0.3, 0.4) is 0 Å². The summed E-state index contributed by atoms with van der Waals surface area (Å²) in [6, 6.07) is 25.3. The lowest BCUT2D eigenvalue weighted by Crippen LogP contribution is -2.49. The van der Waals surface area contributed by atoms with Crippen molar-refractivity contribution in [3.8, 4) is 0 Å². The molecule has 170 valence electrons. The molecule has 0 unspecified atom stereocenters. The highest BCUT2D eigenvalue weighted by molar-refractivity contribution is 6.14. The SMILES string of the molecule is CC(C)N1C(=O)[C@@]2(CC(c3ccccc3)=C(NC(=O)c3ccccc3)C(=O)O2)c2ccccc21. The minimum absolute atomic E-state index is 0.0546. The number of anilines is 1. The number of benzene rings is 3. The van der Waals surface area contributed by atoms with Gasteiger partial charge in [-0.15, -0.1) is 0 Å². The van der Waals surface area contributed by atoms with Crippen LogP contribution in [-0.4, -0.2) is 23.8 Å². The average Bonchev–Trinajstić information content (AvgIpc) is 3.09. The zero-order chi connectivity index (χ0) is 23.9. The van der Waals surface area contributed by atoms with Gasteiger partial charge in [0.15, 0.2) is 0 Å². The van der Waals surface area contributed by atoms with Gasteiger partial charge in [0.25, 0.3) is 11.8 Å². The predicted octanol–water partition coefficient (Wildman–Crippen LogP) is 4.43. The van der Waals surface area contributed by atoms with Crippen LogP contribution in [0.4, 0.5) is 5.69 Å². The van der Waals surface area contributed by atoms with Crippen LogP contribution in [0.15, 0.2) is 90.6 Å². The Kier molecular flexibility index (Phi) is 5.28. The first-order valence-electron chi connectivity index (χ1n) is 11.2. The summed E-state index contributed by atoms with van der Waals surface area (Å²) in [6.07, 6.45) is 0.117. The summed E-state index contributed by atoms with van der Waals surface area (Å²) < 4.78 is 5.95. The van der Waals surface area contributed by atoms with Crippen LogP contribution in [-0.2, 0) is 19.9 Å². The van der Waals surface area contributed by atoms with Crippen LogP contribution >= 0.6 is 0 Å². The molecule has 0 fully saturated rings. The summed E-state index contributed by atoms with van der Waals surface area (Å²) in [5, 5.41) is 2.75. The second-order valence-corrected chi connectivity index (χ2v) is 8.72. The van der Waals surface area contributed by atoms with E-state index in [0.29, 0.717) is 16.7 Å². The molecule has 6 heteroatoms. The molecule has 1 atom stereocenters. The normalized spacial score (nSPS) is 19.4. The maximum Gasteiger partial charge on any atom is 0.356 e. The van der Waals surface area contributed by atoms with Crippen molar-refractivity contribution in [1.29, 1.82) is 0 Å². The van der Waals surface area contributed by atoms with Crippen LogP contribution in [0.1, 0.15) is 41.8 Å². The molecule has 1 spiro atoms. The van der Waals surface area contributed by atoms with Crippen LogP contribution in [0.5, 0.6) is 0 Å². The Balaban J connectivity index is 1.64. The molecule has 3 aromatic carbocycles. The molecule has 0 saturated heterocycles. The molecule has 0 saturated carbocycles. The Bertz CT molecular complexity index is 1310. The Morgan fingerprint density at radius 3 is 2.21 bits per heavy atom. The number of ether oxygens (including phenoxy) is 1. The van der Waals surface area contributed by atoms with E-state index >= 15 is 0 Å². The molecule has 2 aliphatic rings. The van der Waals surface area contributed by atoms with Gasteiger partial charge in [-0.2, -0.15) is 0 Å². The van der Waals surface area contributed by atoms with Gasteiger partial charge < -0.3 is 15.0 Å². The van der Waals surface area contributed by atoms with Gasteiger partial charge in [-0.05, 0) is 43.2 Å². The van der Waals surface area contributed by atoms with E-state index in [9.17, 15) is 14.4 Å². The summed E-state index contributed by atoms with van der Waals surface area (Å²) >= 11 is 0. The van der Waals surface area contributed by atoms with E-state index in [0.717, 1.165) is 11.3 Å². The first-order valence-corrected chi connectivity index (χ1v) is 11.2. The van der Waals surface area contributed by atoms with Crippen LogP contribution in [0.2, 0.25) is 0 Å². The third-order valence-electron chi connectivity index (χ3n) is 6.27. The Morgan fingerprint density at radius 1 is 0.912 bits per heavy atom. The number of fused-ring (bicyclic) bond motifs is 2. The van der Waals surface area contributed by atoms with Gasteiger partial charge in [-0.3, -0.25) is 9.59 Å². The minimum Gasteiger partial charge on any atom is -0.439 e. The van der Waals surface area contributed by atoms with Gasteiger partial charge in [-0.25, -0.2) is 4.79 Å². The summed E-state index contributed by atoms with van der Waals surface area (Å²) in [4.78, 5) is 41.9. The second kappa shape index (κ2) is 8.30. The van der Waals surface area contributed by atoms with Crippen molar-refractivity contribution in [3.05, 3.63) is 107 Å². The molecule has 2 aliphatic heterocycles. The highest BCUT2D eigenvalue weighted by Gasteiger charge is 2.57. The predicted molar refractivity (Wildman–Crippen MR) is 129 cm³/mol. The number of carbonyl (C=O) groups is 3. The minimum atomic E-state index is -1.48. The fraction of sp³-hybridized carbons (Fsp3) is 0.179. The number of hydrogen-bond acceptors (Lipinski definition) is 4. The maximum absolute atomic E-state index is 13.8. The van der Waals surface area contributed by atoms with Gasteiger partial charge in [0.2, 0.25) is 5.60 Å². The van der Waals surface area contributed by atoms with Crippen LogP contribution in [0, 0.1) is 0 Å². The maximum atomic E-state index is 13.8. The molecule has 2 amide bonds. The number of amides is 2. The Hall–Kier alpha value is -4.19. The number of rotatable bonds is 4. The van der Waals surface area contributed by atoms with Crippen molar-refractivity contribution in [2.45, 2.75) is 31.9 Å². The van der Waals surface area contributed by atoms with Crippen molar-refractivity contribution in [2.24, 2.45) is 0 Å². The molecule has 0 bridgehead atoms. The lowest BCUT2D eigenvalue weighted by Gasteiger charge is -2.35. The van der Waals surface area contributed by atoms with Crippen molar-refractivity contribution in [2.75, 3.05) is 4.90 Å². The monoisotopic (exact) mass is 452 g/mol. The van der Waals surface area contributed by atoms with E-state index in [-0.39, 0.29) is 24.1 Å². The van der Waals surface area contributed by atoms with Gasteiger partial charge in [-0.1, -0.05) is 66.7 Å². The molecule has 0 aliphatic carbocycles. The first kappa shape index (κ1) is 21.6. The van der Waals surface area contributed by atoms with Crippen molar-refractivity contribution in [1.82, 2.24) is 5.32 Å². The van der Waals surface area contributed by atoms with Gasteiger partial charge in [0.05, 0.1) is 5.69 Å². The first-order chi connectivity index (χ1) is 16.4. The Morgan fingerprint density at radius 2 is 1.53 bits per heavy atom. The van der Waals surface area contributed by atoms with E-state index in [1.807, 2.05) is 74.5 Å². The molecule has 34 heavy (non-hydrogen) atoms. The molecule has 3 aromatic rings. The topological polar surface area (TPSA) is 75.7 Å². The zero-order valence-corrected chi connectivity index (χ0v) is 18.9. The Labute approximate surface area is 197 Å². The van der Waals surface area contributed by atoms with Gasteiger partial charge in [0.1, 0.15) is 5.70 Å². The fourth-order valence-electron chi connectivity index (χ4n) is 4.72. The molecular formula is C28H24N2O4. The molecule has 0 radical (unpaired) electrons. The fourth-order valence-corrected chi connectivity index (χ4v) is 4.72. The van der Waals surface area contributed by atoms with E-state index in [1.54, 1.807) is 29.2 Å². The van der Waals surface area contributed by atoms with Crippen molar-refractivity contribution >= 4 is 29.0 Å². The van der Waals surface area contributed by atoms with E-state index in [1.165, 1.54) is 0 Å². The molecule has 2 heterocycles. The lowest BCUT2D eigenvalue weighted by atomic mass is 9.82. The number of carbonyl (C=O) groups excluding carboxylic acids is 3. The average molecular weight is 453 g/mol. The summed E-state index contributed by atoms with van der Waals surface area (Å²) in [7, 11) is 0. The summed E-state index contributed by atoms with van der Waals surface area (Å²) in [6.45, 7) is 3.86. The number of nitrogens with one attached hydrogen (secondary N) is 1. The molecule has 1 N–H and O–H groups in total. The number of nitrogens with zero attached hydrogens (tertiary/aromatic N) is 1. The smallest absolute Gasteiger partial charge is 0.356 e. The largest absolute Gasteiger partial charge is 0.439 e. The third-order valence-corrected chi connectivity index (χ3v) is 6.27. The third kappa shape index (κ3) is 3.39. The van der Waals surface area contributed by atoms with Crippen LogP contribution < -0.4 is 10.2 Å². The van der Waals surface area contributed by atoms with Gasteiger partial charge >= 0.3 is 5.97 Å². The van der Waals surface area contributed by atoms with E-state index < -0.39 is 17.5 Å². The highest BCUT2D eigenvalue weighted by atomic mass is 16.6.